The predicted octanol–water partition coefficient (Wildman–Crippen LogP) is 3.54. The number of hydrogen-bond donors (Lipinski definition) is 2. The van der Waals surface area contributed by atoms with Crippen molar-refractivity contribution in [2.75, 3.05) is 19.5 Å². The van der Waals surface area contributed by atoms with Crippen LogP contribution in [0.3, 0.4) is 0 Å². The molecule has 7 nitrogen and oxygen atoms in total. The van der Waals surface area contributed by atoms with Crippen LogP contribution in [0, 0.1) is 0 Å². The molecule has 0 radical (unpaired) electrons. The van der Waals surface area contributed by atoms with Crippen molar-refractivity contribution in [3.05, 3.63) is 64.9 Å². The number of hydrogen-bond acceptors (Lipinski definition) is 6. The largest absolute Gasteiger partial charge is 0.497 e. The summed E-state index contributed by atoms with van der Waals surface area (Å²) in [7, 11) is 3.14. The maximum Gasteiger partial charge on any atom is 0.291 e. The molecule has 0 aliphatic carbocycles. The van der Waals surface area contributed by atoms with Crippen LogP contribution < -0.4 is 20.1 Å². The standard InChI is InChI=1S/C19H18N2O5S/c1-24-13-8-12(9-14(10-13)25-2)11-20-19(23)16-5-6-17(27-16)21-18(22)15-4-3-7-26-15/h3-10H,11H2,1-2H3,(H,20,23)(H,21,22). The lowest BCUT2D eigenvalue weighted by Crippen LogP contribution is -2.21. The summed E-state index contributed by atoms with van der Waals surface area (Å²) in [6.07, 6.45) is 1.43. The molecule has 1 aromatic carbocycles. The molecule has 0 aliphatic rings. The van der Waals surface area contributed by atoms with Gasteiger partial charge >= 0.3 is 0 Å². The Morgan fingerprint density at radius 1 is 1.04 bits per heavy atom. The van der Waals surface area contributed by atoms with Crippen molar-refractivity contribution in [2.45, 2.75) is 6.54 Å². The molecular formula is C19H18N2O5S. The minimum Gasteiger partial charge on any atom is -0.497 e. The fraction of sp³-hybridized carbons (Fsp3) is 0.158. The third-order valence-electron chi connectivity index (χ3n) is 3.68. The number of amides is 2. The van der Waals surface area contributed by atoms with Crippen LogP contribution in [0.15, 0.2) is 53.1 Å². The van der Waals surface area contributed by atoms with Crippen LogP contribution in [-0.2, 0) is 6.54 Å². The number of rotatable bonds is 7. The Labute approximate surface area is 159 Å². The molecule has 0 fully saturated rings. The minimum absolute atomic E-state index is 0.210. The van der Waals surface area contributed by atoms with Crippen LogP contribution in [0.4, 0.5) is 5.00 Å². The summed E-state index contributed by atoms with van der Waals surface area (Å²) in [5, 5.41) is 6.10. The zero-order chi connectivity index (χ0) is 19.2. The minimum atomic E-state index is -0.364. The van der Waals surface area contributed by atoms with Crippen LogP contribution in [-0.4, -0.2) is 26.0 Å². The Morgan fingerprint density at radius 3 is 2.41 bits per heavy atom. The molecule has 0 saturated heterocycles. The van der Waals surface area contributed by atoms with Crippen LogP contribution in [0.1, 0.15) is 25.8 Å². The quantitative estimate of drug-likeness (QED) is 0.648. The number of thiophene rings is 1. The third-order valence-corrected chi connectivity index (χ3v) is 4.68. The topological polar surface area (TPSA) is 89.8 Å². The van der Waals surface area contributed by atoms with E-state index in [1.807, 2.05) is 12.1 Å². The van der Waals surface area contributed by atoms with Crippen molar-refractivity contribution in [1.82, 2.24) is 5.32 Å². The number of benzene rings is 1. The van der Waals surface area contributed by atoms with Gasteiger partial charge in [-0.05, 0) is 42.0 Å². The monoisotopic (exact) mass is 386 g/mol. The third kappa shape index (κ3) is 4.68. The predicted molar refractivity (Wildman–Crippen MR) is 102 cm³/mol. The van der Waals surface area contributed by atoms with E-state index in [1.54, 1.807) is 44.6 Å². The Kier molecular flexibility index (Phi) is 5.77. The van der Waals surface area contributed by atoms with Gasteiger partial charge in [0.05, 0.1) is 30.4 Å². The second-order valence-electron chi connectivity index (χ2n) is 5.50. The molecule has 2 N–H and O–H groups in total. The first-order valence-electron chi connectivity index (χ1n) is 8.04. The highest BCUT2D eigenvalue weighted by molar-refractivity contribution is 7.18. The Bertz CT molecular complexity index is 911. The lowest BCUT2D eigenvalue weighted by Gasteiger charge is -2.09. The molecule has 0 aliphatic heterocycles. The first-order valence-corrected chi connectivity index (χ1v) is 8.85. The highest BCUT2D eigenvalue weighted by Gasteiger charge is 2.13. The van der Waals surface area contributed by atoms with E-state index in [1.165, 1.54) is 17.6 Å². The number of ether oxygens (including phenoxy) is 2. The number of carbonyl (C=O) groups is 2. The summed E-state index contributed by atoms with van der Waals surface area (Å²) >= 11 is 1.18. The first-order chi connectivity index (χ1) is 13.1. The maximum absolute atomic E-state index is 12.4. The summed E-state index contributed by atoms with van der Waals surface area (Å²) in [6.45, 7) is 0.318. The van der Waals surface area contributed by atoms with Gasteiger partial charge < -0.3 is 24.5 Å². The summed E-state index contributed by atoms with van der Waals surface area (Å²) in [6, 6.07) is 11.9. The fourth-order valence-corrected chi connectivity index (χ4v) is 3.16. The summed E-state index contributed by atoms with van der Waals surface area (Å²) in [5.74, 6) is 0.911. The molecule has 0 saturated carbocycles. The Balaban J connectivity index is 1.60. The molecule has 3 aromatic rings. The number of anilines is 1. The second-order valence-corrected chi connectivity index (χ2v) is 6.58. The van der Waals surface area contributed by atoms with Crippen molar-refractivity contribution in [2.24, 2.45) is 0 Å². The molecule has 3 rings (SSSR count). The molecular weight excluding hydrogens is 368 g/mol. The van der Waals surface area contributed by atoms with E-state index in [0.29, 0.717) is 27.9 Å². The van der Waals surface area contributed by atoms with Gasteiger partial charge in [0.25, 0.3) is 11.8 Å². The van der Waals surface area contributed by atoms with Gasteiger partial charge in [-0.25, -0.2) is 0 Å². The molecule has 2 aromatic heterocycles. The molecule has 0 unspecified atom stereocenters. The first kappa shape index (κ1) is 18.5. The van der Waals surface area contributed by atoms with Gasteiger partial charge in [0.2, 0.25) is 0 Å². The van der Waals surface area contributed by atoms with Gasteiger partial charge in [0, 0.05) is 12.6 Å². The van der Waals surface area contributed by atoms with Gasteiger partial charge in [-0.2, -0.15) is 0 Å². The van der Waals surface area contributed by atoms with Crippen molar-refractivity contribution in [3.63, 3.8) is 0 Å². The van der Waals surface area contributed by atoms with E-state index in [-0.39, 0.29) is 17.6 Å². The highest BCUT2D eigenvalue weighted by Crippen LogP contribution is 2.24. The van der Waals surface area contributed by atoms with Gasteiger partial charge in [-0.3, -0.25) is 9.59 Å². The van der Waals surface area contributed by atoms with Crippen molar-refractivity contribution in [3.8, 4) is 11.5 Å². The zero-order valence-electron chi connectivity index (χ0n) is 14.8. The Hall–Kier alpha value is -3.26. The normalized spacial score (nSPS) is 10.3. The number of carbonyl (C=O) groups excluding carboxylic acids is 2. The maximum atomic E-state index is 12.4. The van der Waals surface area contributed by atoms with E-state index in [9.17, 15) is 9.59 Å². The molecule has 2 heterocycles. The molecule has 27 heavy (non-hydrogen) atoms. The average Bonchev–Trinajstić information content (AvgIpc) is 3.37. The molecule has 2 amide bonds. The van der Waals surface area contributed by atoms with Crippen LogP contribution in [0.5, 0.6) is 11.5 Å². The molecule has 0 bridgehead atoms. The fourth-order valence-electron chi connectivity index (χ4n) is 2.35. The summed E-state index contributed by atoms with van der Waals surface area (Å²) in [5.41, 5.74) is 0.849. The van der Waals surface area contributed by atoms with Crippen LogP contribution in [0.25, 0.3) is 0 Å². The van der Waals surface area contributed by atoms with E-state index in [0.717, 1.165) is 5.56 Å². The number of nitrogens with one attached hydrogen (secondary N) is 2. The van der Waals surface area contributed by atoms with Crippen LogP contribution >= 0.6 is 11.3 Å². The van der Waals surface area contributed by atoms with E-state index >= 15 is 0 Å². The SMILES string of the molecule is COc1cc(CNC(=O)c2ccc(NC(=O)c3ccco3)s2)cc(OC)c1. The molecule has 0 atom stereocenters. The number of methoxy groups -OCH3 is 2. The summed E-state index contributed by atoms with van der Waals surface area (Å²) < 4.78 is 15.5. The number of furan rings is 1. The lowest BCUT2D eigenvalue weighted by atomic mass is 10.2. The summed E-state index contributed by atoms with van der Waals surface area (Å²) in [4.78, 5) is 24.8. The van der Waals surface area contributed by atoms with Crippen molar-refractivity contribution < 1.29 is 23.5 Å². The van der Waals surface area contributed by atoms with E-state index < -0.39 is 0 Å². The zero-order valence-corrected chi connectivity index (χ0v) is 15.6. The van der Waals surface area contributed by atoms with Crippen molar-refractivity contribution >= 4 is 28.2 Å². The molecule has 8 heteroatoms. The highest BCUT2D eigenvalue weighted by atomic mass is 32.1. The van der Waals surface area contributed by atoms with E-state index in [4.69, 9.17) is 13.9 Å². The van der Waals surface area contributed by atoms with Crippen molar-refractivity contribution in [1.29, 1.82) is 0 Å². The Morgan fingerprint density at radius 2 is 1.78 bits per heavy atom. The second kappa shape index (κ2) is 8.41. The van der Waals surface area contributed by atoms with E-state index in [2.05, 4.69) is 10.6 Å². The van der Waals surface area contributed by atoms with Crippen LogP contribution in [0.2, 0.25) is 0 Å². The van der Waals surface area contributed by atoms with Gasteiger partial charge in [-0.15, -0.1) is 11.3 Å². The molecule has 140 valence electrons. The lowest BCUT2D eigenvalue weighted by molar-refractivity contribution is 0.0953. The smallest absolute Gasteiger partial charge is 0.291 e. The average molecular weight is 386 g/mol. The van der Waals surface area contributed by atoms with Gasteiger partial charge in [0.1, 0.15) is 11.5 Å². The molecule has 0 spiro atoms. The van der Waals surface area contributed by atoms with Gasteiger partial charge in [-0.1, -0.05) is 0 Å². The van der Waals surface area contributed by atoms with Gasteiger partial charge in [0.15, 0.2) is 5.76 Å².